The number of aliphatic carboxylic acids is 1. The first-order valence-corrected chi connectivity index (χ1v) is 7.28. The molecular formula is C13H16BrNO3S. The zero-order valence-electron chi connectivity index (χ0n) is 10.9. The van der Waals surface area contributed by atoms with E-state index in [1.54, 1.807) is 26.8 Å². The maximum Gasteiger partial charge on any atom is 0.326 e. The molecule has 0 aromatic carbocycles. The Labute approximate surface area is 124 Å². The molecule has 1 atom stereocenters. The van der Waals surface area contributed by atoms with Crippen molar-refractivity contribution in [1.29, 1.82) is 0 Å². The summed E-state index contributed by atoms with van der Waals surface area (Å²) in [4.78, 5) is 23.8. The Bertz CT molecular complexity index is 502. The minimum Gasteiger partial charge on any atom is -0.480 e. The van der Waals surface area contributed by atoms with Crippen LogP contribution in [0.3, 0.4) is 0 Å². The molecule has 0 spiro atoms. The van der Waals surface area contributed by atoms with Crippen molar-refractivity contribution in [1.82, 2.24) is 5.32 Å². The van der Waals surface area contributed by atoms with Crippen molar-refractivity contribution in [2.24, 2.45) is 5.41 Å². The summed E-state index contributed by atoms with van der Waals surface area (Å²) in [5.74, 6) is -1.44. The second kappa shape index (κ2) is 6.34. The second-order valence-corrected chi connectivity index (χ2v) is 7.62. The number of hydrogen-bond donors (Lipinski definition) is 2. The monoisotopic (exact) mass is 345 g/mol. The topological polar surface area (TPSA) is 66.4 Å². The highest BCUT2D eigenvalue weighted by Gasteiger charge is 2.31. The van der Waals surface area contributed by atoms with Gasteiger partial charge in [-0.15, -0.1) is 11.3 Å². The van der Waals surface area contributed by atoms with Crippen LogP contribution in [-0.2, 0) is 9.59 Å². The number of carbonyl (C=O) groups is 2. The summed E-state index contributed by atoms with van der Waals surface area (Å²) in [6.45, 7) is 5.31. The van der Waals surface area contributed by atoms with Gasteiger partial charge in [0, 0.05) is 11.0 Å². The van der Waals surface area contributed by atoms with E-state index in [1.165, 1.54) is 17.4 Å². The zero-order chi connectivity index (χ0) is 14.6. The first-order chi connectivity index (χ1) is 8.70. The van der Waals surface area contributed by atoms with Crippen molar-refractivity contribution in [3.05, 3.63) is 26.9 Å². The van der Waals surface area contributed by atoms with Crippen molar-refractivity contribution in [2.45, 2.75) is 26.8 Å². The quantitative estimate of drug-likeness (QED) is 0.823. The SMILES string of the molecule is CC(C)(C)C(NC(=O)/C=C/c1ccc(Br)s1)C(=O)O. The molecule has 1 unspecified atom stereocenters. The van der Waals surface area contributed by atoms with Gasteiger partial charge in [-0.3, -0.25) is 4.79 Å². The summed E-state index contributed by atoms with van der Waals surface area (Å²) >= 11 is 4.82. The van der Waals surface area contributed by atoms with Crippen molar-refractivity contribution < 1.29 is 14.7 Å². The molecular weight excluding hydrogens is 330 g/mol. The number of carboxylic acids is 1. The molecule has 0 fully saturated rings. The van der Waals surface area contributed by atoms with Gasteiger partial charge in [-0.05, 0) is 39.6 Å². The lowest BCUT2D eigenvalue weighted by Gasteiger charge is -2.27. The summed E-state index contributed by atoms with van der Waals surface area (Å²) in [6, 6.07) is 2.84. The largest absolute Gasteiger partial charge is 0.480 e. The Balaban J connectivity index is 2.68. The lowest BCUT2D eigenvalue weighted by molar-refractivity contribution is -0.144. The molecule has 0 saturated carbocycles. The molecule has 0 aliphatic carbocycles. The molecule has 104 valence electrons. The Morgan fingerprint density at radius 3 is 2.47 bits per heavy atom. The van der Waals surface area contributed by atoms with E-state index in [0.717, 1.165) is 8.66 Å². The van der Waals surface area contributed by atoms with E-state index < -0.39 is 23.3 Å². The van der Waals surface area contributed by atoms with Gasteiger partial charge in [-0.25, -0.2) is 4.79 Å². The maximum absolute atomic E-state index is 11.7. The average Bonchev–Trinajstić information content (AvgIpc) is 2.67. The fourth-order valence-corrected chi connectivity index (χ4v) is 2.74. The van der Waals surface area contributed by atoms with Gasteiger partial charge in [0.1, 0.15) is 6.04 Å². The van der Waals surface area contributed by atoms with E-state index >= 15 is 0 Å². The molecule has 1 rings (SSSR count). The number of hydrogen-bond acceptors (Lipinski definition) is 3. The normalized spacial score (nSPS) is 13.5. The molecule has 6 heteroatoms. The second-order valence-electron chi connectivity index (χ2n) is 5.12. The van der Waals surface area contributed by atoms with Crippen LogP contribution < -0.4 is 5.32 Å². The van der Waals surface area contributed by atoms with Gasteiger partial charge in [0.25, 0.3) is 0 Å². The molecule has 1 aromatic heterocycles. The molecule has 0 aliphatic heterocycles. The molecule has 1 heterocycles. The molecule has 1 amide bonds. The van der Waals surface area contributed by atoms with Crippen LogP contribution in [0.15, 0.2) is 22.0 Å². The number of halogens is 1. The molecule has 4 nitrogen and oxygen atoms in total. The third-order valence-corrected chi connectivity index (χ3v) is 3.98. The van der Waals surface area contributed by atoms with Crippen LogP contribution in [-0.4, -0.2) is 23.0 Å². The smallest absolute Gasteiger partial charge is 0.326 e. The summed E-state index contributed by atoms with van der Waals surface area (Å²) in [6.07, 6.45) is 3.01. The number of carboxylic acid groups (broad SMARTS) is 1. The number of amides is 1. The van der Waals surface area contributed by atoms with Crippen LogP contribution >= 0.6 is 27.3 Å². The van der Waals surface area contributed by atoms with Crippen LogP contribution in [0.5, 0.6) is 0 Å². The average molecular weight is 346 g/mol. The van der Waals surface area contributed by atoms with Crippen molar-refractivity contribution in [3.63, 3.8) is 0 Å². The van der Waals surface area contributed by atoms with Crippen LogP contribution in [0, 0.1) is 5.41 Å². The summed E-state index contributed by atoms with van der Waals surface area (Å²) in [5, 5.41) is 11.6. The Morgan fingerprint density at radius 1 is 1.42 bits per heavy atom. The summed E-state index contributed by atoms with van der Waals surface area (Å²) in [7, 11) is 0. The Hall–Kier alpha value is -1.14. The van der Waals surface area contributed by atoms with Gasteiger partial charge in [0.05, 0.1) is 3.79 Å². The van der Waals surface area contributed by atoms with Crippen LogP contribution in [0.2, 0.25) is 0 Å². The Morgan fingerprint density at radius 2 is 2.05 bits per heavy atom. The van der Waals surface area contributed by atoms with E-state index in [0.29, 0.717) is 0 Å². The van der Waals surface area contributed by atoms with Crippen LogP contribution in [0.4, 0.5) is 0 Å². The van der Waals surface area contributed by atoms with E-state index in [4.69, 9.17) is 5.11 Å². The third kappa shape index (κ3) is 5.16. The molecule has 0 radical (unpaired) electrons. The van der Waals surface area contributed by atoms with Crippen LogP contribution in [0.25, 0.3) is 6.08 Å². The van der Waals surface area contributed by atoms with Gasteiger partial charge in [-0.2, -0.15) is 0 Å². The molecule has 0 saturated heterocycles. The number of thiophene rings is 1. The highest BCUT2D eigenvalue weighted by molar-refractivity contribution is 9.11. The molecule has 2 N–H and O–H groups in total. The third-order valence-electron chi connectivity index (χ3n) is 2.39. The summed E-state index contributed by atoms with van der Waals surface area (Å²) in [5.41, 5.74) is -0.540. The maximum atomic E-state index is 11.7. The van der Waals surface area contributed by atoms with Crippen molar-refractivity contribution in [3.8, 4) is 0 Å². The van der Waals surface area contributed by atoms with E-state index in [2.05, 4.69) is 21.2 Å². The van der Waals surface area contributed by atoms with Crippen molar-refractivity contribution >= 4 is 45.2 Å². The highest BCUT2D eigenvalue weighted by atomic mass is 79.9. The first-order valence-electron chi connectivity index (χ1n) is 5.67. The van der Waals surface area contributed by atoms with E-state index in [9.17, 15) is 9.59 Å². The Kier molecular flexibility index (Phi) is 5.31. The minimum atomic E-state index is -1.03. The number of carbonyl (C=O) groups excluding carboxylic acids is 1. The fraction of sp³-hybridized carbons (Fsp3) is 0.385. The van der Waals surface area contributed by atoms with Crippen molar-refractivity contribution in [2.75, 3.05) is 0 Å². The van der Waals surface area contributed by atoms with Gasteiger partial charge < -0.3 is 10.4 Å². The van der Waals surface area contributed by atoms with Crippen LogP contribution in [0.1, 0.15) is 25.6 Å². The molecule has 19 heavy (non-hydrogen) atoms. The predicted molar refractivity (Wildman–Crippen MR) is 80.1 cm³/mol. The van der Waals surface area contributed by atoms with Gasteiger partial charge in [0.15, 0.2) is 0 Å². The summed E-state index contributed by atoms with van der Waals surface area (Å²) < 4.78 is 0.977. The zero-order valence-corrected chi connectivity index (χ0v) is 13.3. The van der Waals surface area contributed by atoms with Gasteiger partial charge >= 0.3 is 5.97 Å². The first kappa shape index (κ1) is 15.9. The van der Waals surface area contributed by atoms with Gasteiger partial charge in [0.2, 0.25) is 5.91 Å². The standard InChI is InChI=1S/C13H16BrNO3S/c1-13(2,3)11(12(17)18)15-10(16)7-5-8-4-6-9(14)19-8/h4-7,11H,1-3H3,(H,15,16)(H,17,18)/b7-5+. The van der Waals surface area contributed by atoms with E-state index in [-0.39, 0.29) is 0 Å². The highest BCUT2D eigenvalue weighted by Crippen LogP contribution is 2.23. The lowest BCUT2D eigenvalue weighted by Crippen LogP contribution is -2.48. The minimum absolute atomic E-state index is 0.410. The lowest BCUT2D eigenvalue weighted by atomic mass is 9.87. The number of rotatable bonds is 4. The van der Waals surface area contributed by atoms with E-state index in [1.807, 2.05) is 12.1 Å². The molecule has 0 bridgehead atoms. The molecule has 1 aromatic rings. The fourth-order valence-electron chi connectivity index (χ4n) is 1.41. The predicted octanol–water partition coefficient (Wildman–Crippen LogP) is 3.14. The molecule has 0 aliphatic rings. The van der Waals surface area contributed by atoms with Gasteiger partial charge in [-0.1, -0.05) is 20.8 Å². The number of nitrogens with one attached hydrogen (secondary N) is 1.